The molecule has 2 aromatic heterocycles. The van der Waals surface area contributed by atoms with Crippen LogP contribution in [0, 0.1) is 0 Å². The molecule has 4 heteroatoms. The Hall–Kier alpha value is -3.66. The van der Waals surface area contributed by atoms with Gasteiger partial charge in [0, 0.05) is 23.6 Å². The third kappa shape index (κ3) is 3.52. The maximum absolute atomic E-state index is 6.11. The van der Waals surface area contributed by atoms with Gasteiger partial charge in [-0.05, 0) is 42.8 Å². The van der Waals surface area contributed by atoms with Crippen molar-refractivity contribution >= 4 is 21.9 Å². The molecule has 0 saturated heterocycles. The van der Waals surface area contributed by atoms with Gasteiger partial charge in [-0.1, -0.05) is 49.4 Å². The van der Waals surface area contributed by atoms with E-state index in [1.807, 2.05) is 42.5 Å². The van der Waals surface area contributed by atoms with E-state index in [2.05, 4.69) is 54.0 Å². The van der Waals surface area contributed by atoms with E-state index in [1.54, 1.807) is 0 Å². The van der Waals surface area contributed by atoms with Crippen molar-refractivity contribution in [3.05, 3.63) is 96.4 Å². The summed E-state index contributed by atoms with van der Waals surface area (Å²) in [6, 6.07) is 28.7. The number of aryl methyl sites for hydroxylation is 1. The molecule has 0 aliphatic rings. The maximum Gasteiger partial charge on any atom is 0.130 e. The number of rotatable bonds is 6. The van der Waals surface area contributed by atoms with Crippen molar-refractivity contribution in [3.63, 3.8) is 0 Å². The maximum atomic E-state index is 6.11. The summed E-state index contributed by atoms with van der Waals surface area (Å²) in [5.41, 5.74) is 5.07. The van der Waals surface area contributed by atoms with Crippen molar-refractivity contribution < 1.29 is 4.74 Å². The van der Waals surface area contributed by atoms with E-state index < -0.39 is 0 Å². The number of aromatic nitrogens is 3. The zero-order valence-corrected chi connectivity index (χ0v) is 17.0. The van der Waals surface area contributed by atoms with Crippen LogP contribution in [0.2, 0.25) is 0 Å². The second kappa shape index (κ2) is 7.99. The second-order valence-electron chi connectivity index (χ2n) is 7.38. The quantitative estimate of drug-likeness (QED) is 0.350. The zero-order chi connectivity index (χ0) is 20.3. The molecule has 0 aliphatic carbocycles. The summed E-state index contributed by atoms with van der Waals surface area (Å²) in [6.45, 7) is 2.61. The minimum Gasteiger partial charge on any atom is -0.487 e. The van der Waals surface area contributed by atoms with Gasteiger partial charge >= 0.3 is 0 Å². The number of imidazole rings is 1. The van der Waals surface area contributed by atoms with E-state index in [-0.39, 0.29) is 0 Å². The minimum atomic E-state index is 0.428. The van der Waals surface area contributed by atoms with E-state index in [4.69, 9.17) is 14.7 Å². The molecule has 0 atom stereocenters. The summed E-state index contributed by atoms with van der Waals surface area (Å²) in [7, 11) is 0. The lowest BCUT2D eigenvalue weighted by atomic mass is 10.2. The van der Waals surface area contributed by atoms with Gasteiger partial charge in [-0.3, -0.25) is 4.57 Å². The van der Waals surface area contributed by atoms with Crippen LogP contribution in [0.25, 0.3) is 27.6 Å². The van der Waals surface area contributed by atoms with Crippen LogP contribution in [-0.2, 0) is 13.0 Å². The highest BCUT2D eigenvalue weighted by Crippen LogP contribution is 2.27. The molecule has 5 aromatic rings. The van der Waals surface area contributed by atoms with E-state index in [9.17, 15) is 0 Å². The molecule has 0 unspecified atom stereocenters. The van der Waals surface area contributed by atoms with E-state index in [0.717, 1.165) is 57.7 Å². The van der Waals surface area contributed by atoms with Crippen molar-refractivity contribution in [2.75, 3.05) is 0 Å². The SMILES string of the molecule is CCCc1nc2ccc(OCc3ccc4ccccc4n3)cc2n1-c1ccccc1. The number of para-hydroxylation sites is 2. The molecular formula is C26H23N3O. The first-order valence-electron chi connectivity index (χ1n) is 10.4. The van der Waals surface area contributed by atoms with E-state index in [1.165, 1.54) is 0 Å². The predicted octanol–water partition coefficient (Wildman–Crippen LogP) is 6.11. The Morgan fingerprint density at radius 1 is 0.800 bits per heavy atom. The van der Waals surface area contributed by atoms with Gasteiger partial charge in [0.15, 0.2) is 0 Å². The molecule has 30 heavy (non-hydrogen) atoms. The fraction of sp³-hybridized carbons (Fsp3) is 0.154. The van der Waals surface area contributed by atoms with E-state index >= 15 is 0 Å². The fourth-order valence-corrected chi connectivity index (χ4v) is 3.80. The molecule has 4 nitrogen and oxygen atoms in total. The summed E-state index contributed by atoms with van der Waals surface area (Å²) >= 11 is 0. The molecule has 0 N–H and O–H groups in total. The number of hydrogen-bond acceptors (Lipinski definition) is 3. The lowest BCUT2D eigenvalue weighted by molar-refractivity contribution is 0.302. The molecular weight excluding hydrogens is 370 g/mol. The van der Waals surface area contributed by atoms with Crippen molar-refractivity contribution in [2.24, 2.45) is 0 Å². The van der Waals surface area contributed by atoms with Crippen LogP contribution in [0.5, 0.6) is 5.75 Å². The highest BCUT2D eigenvalue weighted by atomic mass is 16.5. The number of ether oxygens (including phenoxy) is 1. The van der Waals surface area contributed by atoms with Gasteiger partial charge in [-0.15, -0.1) is 0 Å². The lowest BCUT2D eigenvalue weighted by Gasteiger charge is -2.10. The van der Waals surface area contributed by atoms with Crippen LogP contribution < -0.4 is 4.74 Å². The Labute approximate surface area is 175 Å². The number of benzene rings is 3. The first-order valence-corrected chi connectivity index (χ1v) is 10.4. The molecule has 0 amide bonds. The Bertz CT molecular complexity index is 1310. The average Bonchev–Trinajstić information content (AvgIpc) is 3.15. The second-order valence-corrected chi connectivity index (χ2v) is 7.38. The van der Waals surface area contributed by atoms with Crippen molar-refractivity contribution in [1.82, 2.24) is 14.5 Å². The third-order valence-corrected chi connectivity index (χ3v) is 5.23. The predicted molar refractivity (Wildman–Crippen MR) is 121 cm³/mol. The molecule has 2 heterocycles. The smallest absolute Gasteiger partial charge is 0.130 e. The average molecular weight is 393 g/mol. The summed E-state index contributed by atoms with van der Waals surface area (Å²) < 4.78 is 8.34. The summed E-state index contributed by atoms with van der Waals surface area (Å²) in [5.74, 6) is 1.89. The van der Waals surface area contributed by atoms with Crippen molar-refractivity contribution in [3.8, 4) is 11.4 Å². The van der Waals surface area contributed by atoms with Gasteiger partial charge in [0.05, 0.1) is 22.2 Å². The first-order chi connectivity index (χ1) is 14.8. The van der Waals surface area contributed by atoms with Crippen molar-refractivity contribution in [1.29, 1.82) is 0 Å². The molecule has 0 bridgehead atoms. The minimum absolute atomic E-state index is 0.428. The van der Waals surface area contributed by atoms with Gasteiger partial charge in [0.1, 0.15) is 18.2 Å². The standard InChI is InChI=1S/C26H23N3O/c1-2-8-26-28-24-16-15-22(17-25(24)29(26)21-10-4-3-5-11-21)30-18-20-14-13-19-9-6-7-12-23(19)27-20/h3-7,9-17H,2,8,18H2,1H3. The fourth-order valence-electron chi connectivity index (χ4n) is 3.80. The summed E-state index contributed by atoms with van der Waals surface area (Å²) in [5, 5.41) is 1.14. The third-order valence-electron chi connectivity index (χ3n) is 5.23. The Morgan fingerprint density at radius 3 is 2.50 bits per heavy atom. The van der Waals surface area contributed by atoms with Crippen LogP contribution >= 0.6 is 0 Å². The molecule has 0 spiro atoms. The number of nitrogens with zero attached hydrogens (tertiary/aromatic N) is 3. The molecule has 3 aromatic carbocycles. The van der Waals surface area contributed by atoms with Gasteiger partial charge < -0.3 is 4.74 Å². The molecule has 0 aliphatic heterocycles. The number of fused-ring (bicyclic) bond motifs is 2. The van der Waals surface area contributed by atoms with Gasteiger partial charge in [0.25, 0.3) is 0 Å². The number of hydrogen-bond donors (Lipinski definition) is 0. The highest BCUT2D eigenvalue weighted by molar-refractivity contribution is 5.80. The molecule has 148 valence electrons. The Kier molecular flexibility index (Phi) is 4.89. The van der Waals surface area contributed by atoms with Gasteiger partial charge in [0.2, 0.25) is 0 Å². The van der Waals surface area contributed by atoms with Crippen LogP contribution in [0.3, 0.4) is 0 Å². The monoisotopic (exact) mass is 393 g/mol. The summed E-state index contributed by atoms with van der Waals surface area (Å²) in [6.07, 6.45) is 1.98. The normalized spacial score (nSPS) is 11.2. The van der Waals surface area contributed by atoms with E-state index in [0.29, 0.717) is 6.61 Å². The van der Waals surface area contributed by atoms with Crippen molar-refractivity contribution in [2.45, 2.75) is 26.4 Å². The Morgan fingerprint density at radius 2 is 1.63 bits per heavy atom. The molecule has 0 radical (unpaired) electrons. The largest absolute Gasteiger partial charge is 0.487 e. The first kappa shape index (κ1) is 18.4. The van der Waals surface area contributed by atoms with Crippen LogP contribution in [-0.4, -0.2) is 14.5 Å². The van der Waals surface area contributed by atoms with Crippen LogP contribution in [0.4, 0.5) is 0 Å². The topological polar surface area (TPSA) is 39.9 Å². The molecule has 5 rings (SSSR count). The zero-order valence-electron chi connectivity index (χ0n) is 17.0. The van der Waals surface area contributed by atoms with Gasteiger partial charge in [-0.25, -0.2) is 9.97 Å². The molecule has 0 fully saturated rings. The Balaban J connectivity index is 1.47. The van der Waals surface area contributed by atoms with Crippen LogP contribution in [0.15, 0.2) is 84.9 Å². The highest BCUT2D eigenvalue weighted by Gasteiger charge is 2.13. The summed E-state index contributed by atoms with van der Waals surface area (Å²) in [4.78, 5) is 9.57. The van der Waals surface area contributed by atoms with Crippen LogP contribution in [0.1, 0.15) is 24.9 Å². The van der Waals surface area contributed by atoms with Gasteiger partial charge in [-0.2, -0.15) is 0 Å². The molecule has 0 saturated carbocycles. The lowest BCUT2D eigenvalue weighted by Crippen LogP contribution is -2.01. The number of pyridine rings is 1.